The van der Waals surface area contributed by atoms with Crippen LogP contribution in [0.3, 0.4) is 0 Å². The third kappa shape index (κ3) is 3.59. The Morgan fingerprint density at radius 2 is 2.16 bits per heavy atom. The van der Waals surface area contributed by atoms with Gasteiger partial charge in [0.2, 0.25) is 0 Å². The fourth-order valence-electron chi connectivity index (χ4n) is 2.26. The molecule has 0 radical (unpaired) electrons. The van der Waals surface area contributed by atoms with Gasteiger partial charge in [-0.05, 0) is 24.8 Å². The maximum Gasteiger partial charge on any atom is 0.255 e. The predicted molar refractivity (Wildman–Crippen MR) is 74.8 cm³/mol. The molecule has 0 spiro atoms. The minimum Gasteiger partial charge on any atom is -0.384 e. The summed E-state index contributed by atoms with van der Waals surface area (Å²) in [7, 11) is 1.71. The number of likely N-dealkylation sites (tertiary alicyclic amines) is 1. The lowest BCUT2D eigenvalue weighted by molar-refractivity contribution is 0.0613. The molecule has 0 unspecified atom stereocenters. The molecule has 1 amide bonds. The van der Waals surface area contributed by atoms with Crippen molar-refractivity contribution in [3.63, 3.8) is 0 Å². The summed E-state index contributed by atoms with van der Waals surface area (Å²) in [6, 6.07) is 1.57. The van der Waals surface area contributed by atoms with E-state index in [2.05, 4.69) is 4.98 Å². The Hall–Kier alpha value is -0.840. The molecule has 0 saturated carbocycles. The predicted octanol–water partition coefficient (Wildman–Crippen LogP) is 2.89. The molecule has 6 heteroatoms. The van der Waals surface area contributed by atoms with E-state index in [1.165, 1.54) is 6.20 Å². The summed E-state index contributed by atoms with van der Waals surface area (Å²) in [5.74, 6) is 0.503. The molecule has 1 aromatic heterocycles. The summed E-state index contributed by atoms with van der Waals surface area (Å²) in [6.07, 6.45) is 3.40. The van der Waals surface area contributed by atoms with E-state index in [0.717, 1.165) is 32.5 Å². The smallest absolute Gasteiger partial charge is 0.255 e. The van der Waals surface area contributed by atoms with Crippen LogP contribution in [0, 0.1) is 5.92 Å². The average molecular weight is 303 g/mol. The van der Waals surface area contributed by atoms with E-state index in [9.17, 15) is 4.79 Å². The first kappa shape index (κ1) is 14.6. The van der Waals surface area contributed by atoms with Crippen molar-refractivity contribution in [1.82, 2.24) is 9.88 Å². The molecule has 1 aromatic rings. The van der Waals surface area contributed by atoms with Crippen LogP contribution in [0.15, 0.2) is 12.3 Å². The van der Waals surface area contributed by atoms with Gasteiger partial charge >= 0.3 is 0 Å². The molecule has 1 fully saturated rings. The first-order chi connectivity index (χ1) is 9.11. The van der Waals surface area contributed by atoms with Crippen LogP contribution in [0.2, 0.25) is 10.2 Å². The summed E-state index contributed by atoms with van der Waals surface area (Å²) in [5.41, 5.74) is 0.486. The highest BCUT2D eigenvalue weighted by molar-refractivity contribution is 6.41. The van der Waals surface area contributed by atoms with E-state index < -0.39 is 0 Å². The van der Waals surface area contributed by atoms with E-state index in [1.807, 2.05) is 4.90 Å². The van der Waals surface area contributed by atoms with Gasteiger partial charge in [-0.1, -0.05) is 23.2 Å². The number of piperidine rings is 1. The number of pyridine rings is 1. The Morgan fingerprint density at radius 1 is 1.47 bits per heavy atom. The van der Waals surface area contributed by atoms with Gasteiger partial charge in [0, 0.05) is 33.0 Å². The lowest BCUT2D eigenvalue weighted by Crippen LogP contribution is -2.39. The lowest BCUT2D eigenvalue weighted by atomic mass is 9.97. The highest BCUT2D eigenvalue weighted by Crippen LogP contribution is 2.23. The van der Waals surface area contributed by atoms with Crippen molar-refractivity contribution in [2.75, 3.05) is 26.8 Å². The Bertz CT molecular complexity index is 460. The van der Waals surface area contributed by atoms with Crippen LogP contribution >= 0.6 is 23.2 Å². The minimum atomic E-state index is -0.0399. The van der Waals surface area contributed by atoms with E-state index in [4.69, 9.17) is 27.9 Å². The van der Waals surface area contributed by atoms with Crippen molar-refractivity contribution in [2.45, 2.75) is 12.8 Å². The molecule has 0 bridgehead atoms. The molecule has 19 heavy (non-hydrogen) atoms. The Morgan fingerprint density at radius 3 is 2.74 bits per heavy atom. The minimum absolute atomic E-state index is 0.0399. The van der Waals surface area contributed by atoms with Crippen molar-refractivity contribution >= 4 is 29.1 Å². The molecule has 0 atom stereocenters. The molecule has 1 aliphatic rings. The zero-order chi connectivity index (χ0) is 13.8. The highest BCUT2D eigenvalue weighted by atomic mass is 35.5. The first-order valence-electron chi connectivity index (χ1n) is 6.21. The fraction of sp³-hybridized carbons (Fsp3) is 0.538. The Balaban J connectivity index is 1.99. The van der Waals surface area contributed by atoms with Crippen LogP contribution in [0.4, 0.5) is 0 Å². The van der Waals surface area contributed by atoms with Gasteiger partial charge in [-0.15, -0.1) is 0 Å². The van der Waals surface area contributed by atoms with Crippen molar-refractivity contribution in [3.05, 3.63) is 28.0 Å². The molecule has 2 heterocycles. The van der Waals surface area contributed by atoms with Gasteiger partial charge in [0.1, 0.15) is 5.15 Å². The summed E-state index contributed by atoms with van der Waals surface area (Å²) in [5, 5.41) is 0.527. The number of aromatic nitrogens is 1. The molecular formula is C13H16Cl2N2O2. The van der Waals surface area contributed by atoms with Crippen LogP contribution in [0.25, 0.3) is 0 Å². The molecule has 0 aromatic carbocycles. The number of nitrogens with zero attached hydrogens (tertiary/aromatic N) is 2. The summed E-state index contributed by atoms with van der Waals surface area (Å²) < 4.78 is 5.15. The average Bonchev–Trinajstić information content (AvgIpc) is 2.42. The quantitative estimate of drug-likeness (QED) is 0.806. The number of amides is 1. The standard InChI is InChI=1S/C13H16Cl2N2O2/c1-19-8-9-2-4-17(5-3-9)13(18)10-6-11(14)12(15)16-7-10/h6-7,9H,2-5,8H2,1H3. The van der Waals surface area contributed by atoms with Crippen molar-refractivity contribution in [3.8, 4) is 0 Å². The van der Waals surface area contributed by atoms with Gasteiger partial charge in [0.05, 0.1) is 10.6 Å². The van der Waals surface area contributed by atoms with Gasteiger partial charge in [-0.2, -0.15) is 0 Å². The van der Waals surface area contributed by atoms with Crippen LogP contribution in [-0.4, -0.2) is 42.6 Å². The summed E-state index contributed by atoms with van der Waals surface area (Å²) in [4.78, 5) is 18.0. The third-order valence-electron chi connectivity index (χ3n) is 3.35. The van der Waals surface area contributed by atoms with Crippen LogP contribution in [0.5, 0.6) is 0 Å². The first-order valence-corrected chi connectivity index (χ1v) is 6.96. The molecule has 2 rings (SSSR count). The van der Waals surface area contributed by atoms with Crippen molar-refractivity contribution in [2.24, 2.45) is 5.92 Å². The zero-order valence-electron chi connectivity index (χ0n) is 10.7. The number of halogens is 2. The molecule has 4 nitrogen and oxygen atoms in total. The molecule has 0 N–H and O–H groups in total. The fourth-order valence-corrected chi connectivity index (χ4v) is 2.53. The van der Waals surface area contributed by atoms with Crippen molar-refractivity contribution in [1.29, 1.82) is 0 Å². The Labute approximate surface area is 122 Å². The maximum absolute atomic E-state index is 12.3. The summed E-state index contributed by atoms with van der Waals surface area (Å²) in [6.45, 7) is 2.25. The molecule has 0 aliphatic carbocycles. The number of methoxy groups -OCH3 is 1. The number of ether oxygens (including phenoxy) is 1. The highest BCUT2D eigenvalue weighted by Gasteiger charge is 2.24. The second kappa shape index (κ2) is 6.55. The number of hydrogen-bond donors (Lipinski definition) is 0. The number of rotatable bonds is 3. The lowest BCUT2D eigenvalue weighted by Gasteiger charge is -2.31. The van der Waals surface area contributed by atoms with Gasteiger partial charge in [-0.3, -0.25) is 4.79 Å². The number of carbonyl (C=O) groups excluding carboxylic acids is 1. The van der Waals surface area contributed by atoms with E-state index >= 15 is 0 Å². The van der Waals surface area contributed by atoms with Gasteiger partial charge in [0.25, 0.3) is 5.91 Å². The van der Waals surface area contributed by atoms with Crippen molar-refractivity contribution < 1.29 is 9.53 Å². The number of carbonyl (C=O) groups is 1. The second-order valence-electron chi connectivity index (χ2n) is 4.69. The van der Waals surface area contributed by atoms with Crippen LogP contribution < -0.4 is 0 Å². The second-order valence-corrected chi connectivity index (χ2v) is 5.45. The summed E-state index contributed by atoms with van der Waals surface area (Å²) >= 11 is 11.6. The molecule has 104 valence electrons. The van der Waals surface area contributed by atoms with E-state index in [-0.39, 0.29) is 11.1 Å². The SMILES string of the molecule is COCC1CCN(C(=O)c2cnc(Cl)c(Cl)c2)CC1. The van der Waals surface area contributed by atoms with Gasteiger partial charge in [-0.25, -0.2) is 4.98 Å². The molecule has 1 saturated heterocycles. The van der Waals surface area contributed by atoms with Gasteiger partial charge < -0.3 is 9.64 Å². The van der Waals surface area contributed by atoms with E-state index in [1.54, 1.807) is 13.2 Å². The number of hydrogen-bond acceptors (Lipinski definition) is 3. The third-order valence-corrected chi connectivity index (χ3v) is 4.03. The monoisotopic (exact) mass is 302 g/mol. The maximum atomic E-state index is 12.3. The topological polar surface area (TPSA) is 42.4 Å². The van der Waals surface area contributed by atoms with Crippen LogP contribution in [-0.2, 0) is 4.74 Å². The zero-order valence-corrected chi connectivity index (χ0v) is 12.2. The molecule has 1 aliphatic heterocycles. The van der Waals surface area contributed by atoms with Gasteiger partial charge in [0.15, 0.2) is 0 Å². The largest absolute Gasteiger partial charge is 0.384 e. The molecular weight excluding hydrogens is 287 g/mol. The normalized spacial score (nSPS) is 16.7. The van der Waals surface area contributed by atoms with Crippen LogP contribution in [0.1, 0.15) is 23.2 Å². The van der Waals surface area contributed by atoms with E-state index in [0.29, 0.717) is 16.5 Å². The Kier molecular flexibility index (Phi) is 5.02.